The largest absolute Gasteiger partial charge is 0.465 e. The van der Waals surface area contributed by atoms with Crippen molar-refractivity contribution < 1.29 is 14.3 Å². The van der Waals surface area contributed by atoms with Crippen LogP contribution in [0.1, 0.15) is 36.2 Å². The van der Waals surface area contributed by atoms with E-state index in [-0.39, 0.29) is 11.8 Å². The van der Waals surface area contributed by atoms with Crippen LogP contribution in [0.15, 0.2) is 24.3 Å². The standard InChI is InChI=1S/C13H16O3/c1-3-13(15)16-8-7-11-5-4-6-12(9-11)10(2)14/h4-6,9H,3,7-8H2,1-2H3. The maximum Gasteiger partial charge on any atom is 0.305 e. The summed E-state index contributed by atoms with van der Waals surface area (Å²) in [7, 11) is 0. The molecule has 0 aromatic heterocycles. The molecular weight excluding hydrogens is 204 g/mol. The minimum Gasteiger partial charge on any atom is -0.465 e. The zero-order chi connectivity index (χ0) is 12.0. The first-order chi connectivity index (χ1) is 7.63. The van der Waals surface area contributed by atoms with Gasteiger partial charge in [-0.25, -0.2) is 0 Å². The van der Waals surface area contributed by atoms with E-state index in [9.17, 15) is 9.59 Å². The summed E-state index contributed by atoms with van der Waals surface area (Å²) in [4.78, 5) is 22.0. The van der Waals surface area contributed by atoms with Gasteiger partial charge in [-0.3, -0.25) is 9.59 Å². The van der Waals surface area contributed by atoms with Gasteiger partial charge in [0.1, 0.15) is 0 Å². The van der Waals surface area contributed by atoms with E-state index in [1.165, 1.54) is 6.92 Å². The Morgan fingerprint density at radius 3 is 2.69 bits per heavy atom. The highest BCUT2D eigenvalue weighted by atomic mass is 16.5. The second kappa shape index (κ2) is 6.05. The van der Waals surface area contributed by atoms with Crippen LogP contribution in [-0.2, 0) is 16.0 Å². The predicted molar refractivity (Wildman–Crippen MR) is 61.4 cm³/mol. The summed E-state index contributed by atoms with van der Waals surface area (Å²) in [6.07, 6.45) is 1.04. The zero-order valence-corrected chi connectivity index (χ0v) is 9.66. The van der Waals surface area contributed by atoms with Gasteiger partial charge in [0, 0.05) is 18.4 Å². The molecule has 1 rings (SSSR count). The highest BCUT2D eigenvalue weighted by Crippen LogP contribution is 2.07. The van der Waals surface area contributed by atoms with Crippen LogP contribution in [0.4, 0.5) is 0 Å². The fourth-order valence-electron chi connectivity index (χ4n) is 1.33. The van der Waals surface area contributed by atoms with E-state index in [4.69, 9.17) is 4.74 Å². The number of hydrogen-bond acceptors (Lipinski definition) is 3. The van der Waals surface area contributed by atoms with Gasteiger partial charge in [0.2, 0.25) is 0 Å². The van der Waals surface area contributed by atoms with E-state index in [0.717, 1.165) is 5.56 Å². The summed E-state index contributed by atoms with van der Waals surface area (Å²) in [5, 5.41) is 0. The number of Topliss-reactive ketones (excluding diaryl/α,β-unsaturated/α-hetero) is 1. The van der Waals surface area contributed by atoms with Gasteiger partial charge in [-0.2, -0.15) is 0 Å². The highest BCUT2D eigenvalue weighted by molar-refractivity contribution is 5.94. The molecule has 0 fully saturated rings. The third kappa shape index (κ3) is 3.85. The Kier molecular flexibility index (Phi) is 4.70. The Morgan fingerprint density at radius 2 is 2.06 bits per heavy atom. The zero-order valence-electron chi connectivity index (χ0n) is 9.66. The summed E-state index contributed by atoms with van der Waals surface area (Å²) >= 11 is 0. The van der Waals surface area contributed by atoms with E-state index < -0.39 is 0 Å². The molecule has 0 spiro atoms. The molecule has 3 heteroatoms. The van der Waals surface area contributed by atoms with Gasteiger partial charge < -0.3 is 4.74 Å². The molecule has 0 amide bonds. The fraction of sp³-hybridized carbons (Fsp3) is 0.385. The second-order valence-corrected chi connectivity index (χ2v) is 3.58. The minimum absolute atomic E-state index is 0.0485. The third-order valence-electron chi connectivity index (χ3n) is 2.28. The van der Waals surface area contributed by atoms with Crippen molar-refractivity contribution in [1.82, 2.24) is 0 Å². The van der Waals surface area contributed by atoms with Crippen LogP contribution in [0.5, 0.6) is 0 Å². The van der Waals surface area contributed by atoms with E-state index in [0.29, 0.717) is 25.0 Å². The van der Waals surface area contributed by atoms with Gasteiger partial charge in [-0.05, 0) is 18.6 Å². The van der Waals surface area contributed by atoms with Crippen molar-refractivity contribution >= 4 is 11.8 Å². The topological polar surface area (TPSA) is 43.4 Å². The van der Waals surface area contributed by atoms with E-state index in [2.05, 4.69) is 0 Å². The van der Waals surface area contributed by atoms with Crippen molar-refractivity contribution in [2.45, 2.75) is 26.7 Å². The molecule has 86 valence electrons. The molecule has 0 aliphatic rings. The lowest BCUT2D eigenvalue weighted by atomic mass is 10.1. The van der Waals surface area contributed by atoms with Gasteiger partial charge in [-0.1, -0.05) is 25.1 Å². The average Bonchev–Trinajstić information content (AvgIpc) is 2.29. The summed E-state index contributed by atoms with van der Waals surface area (Å²) in [6, 6.07) is 7.38. The number of hydrogen-bond donors (Lipinski definition) is 0. The molecule has 0 N–H and O–H groups in total. The molecule has 0 saturated heterocycles. The Hall–Kier alpha value is -1.64. The molecule has 16 heavy (non-hydrogen) atoms. The van der Waals surface area contributed by atoms with Crippen molar-refractivity contribution in [1.29, 1.82) is 0 Å². The van der Waals surface area contributed by atoms with Gasteiger partial charge in [0.05, 0.1) is 6.61 Å². The molecule has 1 aromatic rings. The summed E-state index contributed by atoms with van der Waals surface area (Å²) in [5.41, 5.74) is 1.70. The van der Waals surface area contributed by atoms with Crippen molar-refractivity contribution in [3.8, 4) is 0 Å². The average molecular weight is 220 g/mol. The first kappa shape index (κ1) is 12.4. The lowest BCUT2D eigenvalue weighted by Gasteiger charge is -2.04. The maximum absolute atomic E-state index is 11.1. The van der Waals surface area contributed by atoms with Crippen LogP contribution in [-0.4, -0.2) is 18.4 Å². The Morgan fingerprint density at radius 1 is 1.31 bits per heavy atom. The molecule has 0 heterocycles. The Bertz CT molecular complexity index is 383. The molecule has 3 nitrogen and oxygen atoms in total. The predicted octanol–water partition coefficient (Wildman–Crippen LogP) is 2.38. The lowest BCUT2D eigenvalue weighted by Crippen LogP contribution is -2.06. The lowest BCUT2D eigenvalue weighted by molar-refractivity contribution is -0.143. The number of carbonyl (C=O) groups excluding carboxylic acids is 2. The molecule has 0 bridgehead atoms. The smallest absolute Gasteiger partial charge is 0.305 e. The third-order valence-corrected chi connectivity index (χ3v) is 2.28. The summed E-state index contributed by atoms with van der Waals surface area (Å²) < 4.78 is 4.97. The SMILES string of the molecule is CCC(=O)OCCc1cccc(C(C)=O)c1. The van der Waals surface area contributed by atoms with E-state index in [1.807, 2.05) is 18.2 Å². The fourth-order valence-corrected chi connectivity index (χ4v) is 1.33. The molecule has 0 aliphatic heterocycles. The van der Waals surface area contributed by atoms with Gasteiger partial charge >= 0.3 is 5.97 Å². The maximum atomic E-state index is 11.1. The number of carbonyl (C=O) groups is 2. The minimum atomic E-state index is -0.192. The number of ether oxygens (including phenoxy) is 1. The second-order valence-electron chi connectivity index (χ2n) is 3.58. The van der Waals surface area contributed by atoms with Gasteiger partial charge in [0.15, 0.2) is 5.78 Å². The Balaban J connectivity index is 2.51. The molecule has 0 unspecified atom stereocenters. The molecule has 1 aromatic carbocycles. The quantitative estimate of drug-likeness (QED) is 0.565. The van der Waals surface area contributed by atoms with Crippen LogP contribution in [0.25, 0.3) is 0 Å². The first-order valence-corrected chi connectivity index (χ1v) is 5.39. The Labute approximate surface area is 95.4 Å². The number of esters is 1. The molecule has 0 radical (unpaired) electrons. The van der Waals surface area contributed by atoms with Crippen LogP contribution in [0, 0.1) is 0 Å². The van der Waals surface area contributed by atoms with Crippen molar-refractivity contribution in [3.05, 3.63) is 35.4 Å². The van der Waals surface area contributed by atoms with E-state index >= 15 is 0 Å². The van der Waals surface area contributed by atoms with Crippen molar-refractivity contribution in [2.75, 3.05) is 6.61 Å². The monoisotopic (exact) mass is 220 g/mol. The first-order valence-electron chi connectivity index (χ1n) is 5.39. The summed E-state index contributed by atoms with van der Waals surface area (Å²) in [5.74, 6) is -0.143. The number of ketones is 1. The van der Waals surface area contributed by atoms with Crippen LogP contribution in [0.2, 0.25) is 0 Å². The molecule has 0 saturated carbocycles. The van der Waals surface area contributed by atoms with Crippen molar-refractivity contribution in [2.24, 2.45) is 0 Å². The number of rotatable bonds is 5. The molecular formula is C13H16O3. The van der Waals surface area contributed by atoms with Gasteiger partial charge in [0.25, 0.3) is 0 Å². The highest BCUT2D eigenvalue weighted by Gasteiger charge is 2.02. The van der Waals surface area contributed by atoms with Gasteiger partial charge in [-0.15, -0.1) is 0 Å². The number of benzene rings is 1. The molecule has 0 aliphatic carbocycles. The van der Waals surface area contributed by atoms with Crippen LogP contribution in [0.3, 0.4) is 0 Å². The van der Waals surface area contributed by atoms with Crippen LogP contribution < -0.4 is 0 Å². The molecule has 0 atom stereocenters. The normalized spacial score (nSPS) is 9.88. The summed E-state index contributed by atoms with van der Waals surface area (Å²) in [6.45, 7) is 3.67. The van der Waals surface area contributed by atoms with Crippen LogP contribution >= 0.6 is 0 Å². The van der Waals surface area contributed by atoms with E-state index in [1.54, 1.807) is 13.0 Å². The van der Waals surface area contributed by atoms with Crippen molar-refractivity contribution in [3.63, 3.8) is 0 Å².